The van der Waals surface area contributed by atoms with Crippen LogP contribution in [-0.2, 0) is 4.79 Å². The topological polar surface area (TPSA) is 75.2 Å². The average Bonchev–Trinajstić information content (AvgIpc) is 3.10. The predicted molar refractivity (Wildman–Crippen MR) is 114 cm³/mol. The van der Waals surface area contributed by atoms with E-state index in [1.54, 1.807) is 37.4 Å². The molecular weight excluding hydrogens is 407 g/mol. The number of thioether (sulfide) groups is 1. The molecule has 0 aliphatic rings. The highest BCUT2D eigenvalue weighted by Crippen LogP contribution is 2.29. The highest BCUT2D eigenvalue weighted by atomic mass is 35.5. The lowest BCUT2D eigenvalue weighted by Crippen LogP contribution is -2.13. The van der Waals surface area contributed by atoms with Gasteiger partial charge in [0.05, 0.1) is 10.8 Å². The number of hydrogen-bond donors (Lipinski definition) is 1. The minimum absolute atomic E-state index is 0.0510. The van der Waals surface area contributed by atoms with Gasteiger partial charge in [-0.25, -0.2) is 4.99 Å². The number of furan rings is 1. The van der Waals surface area contributed by atoms with Gasteiger partial charge < -0.3 is 9.52 Å². The zero-order chi connectivity index (χ0) is 20.0. The Labute approximate surface area is 172 Å². The first kappa shape index (κ1) is 21.5. The number of amidine groups is 1. The summed E-state index contributed by atoms with van der Waals surface area (Å²) < 4.78 is 5.89. The highest BCUT2D eigenvalue weighted by molar-refractivity contribution is 8.14. The van der Waals surface area contributed by atoms with E-state index < -0.39 is 5.97 Å². The fourth-order valence-corrected chi connectivity index (χ4v) is 3.62. The summed E-state index contributed by atoms with van der Waals surface area (Å²) in [6.45, 7) is 4.03. The van der Waals surface area contributed by atoms with Crippen molar-refractivity contribution in [1.29, 1.82) is 0 Å². The van der Waals surface area contributed by atoms with E-state index in [1.165, 1.54) is 11.8 Å². The Bertz CT molecular complexity index is 857. The number of hydrogen-bond acceptors (Lipinski definition) is 4. The Hall–Kier alpha value is -1.76. The molecule has 5 nitrogen and oxygen atoms in total. The number of carboxylic acid groups (broad SMARTS) is 1. The number of halogens is 2. The molecule has 0 fully saturated rings. The third kappa shape index (κ3) is 6.13. The third-order valence-electron chi connectivity index (χ3n) is 3.78. The number of carboxylic acids is 1. The van der Waals surface area contributed by atoms with Crippen molar-refractivity contribution in [2.45, 2.75) is 20.3 Å². The predicted octanol–water partition coefficient (Wildman–Crippen LogP) is 5.89. The van der Waals surface area contributed by atoms with E-state index in [2.05, 4.69) is 9.98 Å². The molecule has 144 valence electrons. The van der Waals surface area contributed by atoms with E-state index in [0.717, 1.165) is 12.0 Å². The van der Waals surface area contributed by atoms with Gasteiger partial charge in [0.2, 0.25) is 0 Å². The molecule has 0 aliphatic carbocycles. The van der Waals surface area contributed by atoms with Gasteiger partial charge in [0.1, 0.15) is 5.76 Å². The number of aliphatic carboxylic acids is 1. The summed E-state index contributed by atoms with van der Waals surface area (Å²) in [5.41, 5.74) is 0.751. The van der Waals surface area contributed by atoms with Gasteiger partial charge >= 0.3 is 5.97 Å². The van der Waals surface area contributed by atoms with Gasteiger partial charge in [-0.1, -0.05) is 48.8 Å². The molecule has 0 spiro atoms. The van der Waals surface area contributed by atoms with Crippen LogP contribution in [0.25, 0.3) is 11.3 Å². The largest absolute Gasteiger partial charge is 0.481 e. The van der Waals surface area contributed by atoms with E-state index in [9.17, 15) is 4.79 Å². The number of rotatable bonds is 6. The van der Waals surface area contributed by atoms with Crippen LogP contribution < -0.4 is 0 Å². The lowest BCUT2D eigenvalue weighted by Gasteiger charge is -2.11. The summed E-state index contributed by atoms with van der Waals surface area (Å²) in [6, 6.07) is 8.74. The number of aliphatic imine (C=N–C) groups is 2. The monoisotopic (exact) mass is 426 g/mol. The maximum Gasteiger partial charge on any atom is 0.313 e. The van der Waals surface area contributed by atoms with E-state index in [0.29, 0.717) is 32.4 Å². The SMILES string of the molecule is CCC(C)C(=NC(=NC)c1ccc(-c2cc(Cl)cc(Cl)c2)o1)SCC(=O)O. The van der Waals surface area contributed by atoms with E-state index >= 15 is 0 Å². The summed E-state index contributed by atoms with van der Waals surface area (Å²) in [4.78, 5) is 19.7. The van der Waals surface area contributed by atoms with Crippen molar-refractivity contribution in [2.75, 3.05) is 12.8 Å². The number of nitrogens with zero attached hydrogens (tertiary/aromatic N) is 2. The summed E-state index contributed by atoms with van der Waals surface area (Å²) in [5.74, 6) is 0.665. The van der Waals surface area contributed by atoms with Gasteiger partial charge in [0.25, 0.3) is 0 Å². The van der Waals surface area contributed by atoms with E-state index in [1.807, 2.05) is 13.8 Å². The van der Waals surface area contributed by atoms with Crippen molar-refractivity contribution in [3.63, 3.8) is 0 Å². The quantitative estimate of drug-likeness (QED) is 0.461. The minimum atomic E-state index is -0.885. The van der Waals surface area contributed by atoms with Crippen molar-refractivity contribution in [3.05, 3.63) is 46.1 Å². The molecule has 0 aliphatic heterocycles. The summed E-state index contributed by atoms with van der Waals surface area (Å²) in [7, 11) is 1.62. The standard InChI is InChI=1S/C19H20Cl2N2O3S/c1-4-11(2)19(27-10-17(24)25)23-18(22-3)16-6-5-15(26-16)12-7-13(20)9-14(21)8-12/h5-9,11H,4,10H2,1-3H3,(H,24,25). The zero-order valence-electron chi connectivity index (χ0n) is 15.2. The zero-order valence-corrected chi connectivity index (χ0v) is 17.5. The fourth-order valence-electron chi connectivity index (χ4n) is 2.22. The van der Waals surface area contributed by atoms with Crippen LogP contribution in [0.3, 0.4) is 0 Å². The van der Waals surface area contributed by atoms with Gasteiger partial charge in [-0.15, -0.1) is 0 Å². The molecule has 0 radical (unpaired) electrons. The normalized spacial score (nSPS) is 13.7. The molecule has 1 aromatic heterocycles. The van der Waals surface area contributed by atoms with Crippen LogP contribution in [0, 0.1) is 5.92 Å². The number of carbonyl (C=O) groups is 1. The molecule has 1 aromatic carbocycles. The van der Waals surface area contributed by atoms with Gasteiger partial charge in [-0.3, -0.25) is 9.79 Å². The van der Waals surface area contributed by atoms with Gasteiger partial charge in [0, 0.05) is 28.6 Å². The van der Waals surface area contributed by atoms with Gasteiger partial charge in [-0.2, -0.15) is 0 Å². The van der Waals surface area contributed by atoms with Crippen molar-refractivity contribution in [3.8, 4) is 11.3 Å². The van der Waals surface area contributed by atoms with Crippen molar-refractivity contribution < 1.29 is 14.3 Å². The molecule has 2 aromatic rings. The van der Waals surface area contributed by atoms with Crippen LogP contribution in [0.1, 0.15) is 26.0 Å². The van der Waals surface area contributed by atoms with Gasteiger partial charge in [-0.05, 0) is 36.8 Å². The Morgan fingerprint density at radius 3 is 2.48 bits per heavy atom. The second-order valence-corrected chi connectivity index (χ2v) is 7.68. The fraction of sp³-hybridized carbons (Fsp3) is 0.316. The minimum Gasteiger partial charge on any atom is -0.481 e. The summed E-state index contributed by atoms with van der Waals surface area (Å²) in [6.07, 6.45) is 0.840. The summed E-state index contributed by atoms with van der Waals surface area (Å²) in [5, 5.41) is 10.7. The molecular formula is C19H20Cl2N2O3S. The van der Waals surface area contributed by atoms with E-state index in [-0.39, 0.29) is 11.7 Å². The Morgan fingerprint density at radius 2 is 1.93 bits per heavy atom. The first-order valence-electron chi connectivity index (χ1n) is 8.30. The van der Waals surface area contributed by atoms with Crippen molar-refractivity contribution in [2.24, 2.45) is 15.9 Å². The lowest BCUT2D eigenvalue weighted by molar-refractivity contribution is -0.133. The third-order valence-corrected chi connectivity index (χ3v) is 5.40. The van der Waals surface area contributed by atoms with Crippen molar-refractivity contribution in [1.82, 2.24) is 0 Å². The first-order valence-corrected chi connectivity index (χ1v) is 10.0. The van der Waals surface area contributed by atoms with Crippen LogP contribution in [0.5, 0.6) is 0 Å². The molecule has 1 unspecified atom stereocenters. The lowest BCUT2D eigenvalue weighted by atomic mass is 10.1. The van der Waals surface area contributed by atoms with Crippen LogP contribution in [-0.4, -0.2) is 34.8 Å². The van der Waals surface area contributed by atoms with Crippen molar-refractivity contribution >= 4 is 51.8 Å². The molecule has 2 rings (SSSR count). The molecule has 1 N–H and O–H groups in total. The molecule has 0 saturated carbocycles. The van der Waals surface area contributed by atoms with E-state index in [4.69, 9.17) is 32.7 Å². The second kappa shape index (κ2) is 9.97. The number of benzene rings is 1. The van der Waals surface area contributed by atoms with Gasteiger partial charge in [0.15, 0.2) is 11.6 Å². The maximum atomic E-state index is 10.9. The van der Waals surface area contributed by atoms with Crippen LogP contribution in [0.2, 0.25) is 10.0 Å². The Morgan fingerprint density at radius 1 is 1.26 bits per heavy atom. The molecule has 8 heteroatoms. The average molecular weight is 427 g/mol. The smallest absolute Gasteiger partial charge is 0.313 e. The molecule has 1 heterocycles. The van der Waals surface area contributed by atoms with Crippen LogP contribution >= 0.6 is 35.0 Å². The van der Waals surface area contributed by atoms with Crippen LogP contribution in [0.4, 0.5) is 0 Å². The molecule has 1 atom stereocenters. The maximum absolute atomic E-state index is 10.9. The first-order chi connectivity index (χ1) is 12.8. The molecule has 0 saturated heterocycles. The Balaban J connectivity index is 2.33. The second-order valence-electron chi connectivity index (χ2n) is 5.81. The molecule has 27 heavy (non-hydrogen) atoms. The Kier molecular flexibility index (Phi) is 7.95. The summed E-state index contributed by atoms with van der Waals surface area (Å²) >= 11 is 13.3. The molecule has 0 bridgehead atoms. The molecule has 0 amide bonds. The highest BCUT2D eigenvalue weighted by Gasteiger charge is 2.16. The van der Waals surface area contributed by atoms with Crippen LogP contribution in [0.15, 0.2) is 44.7 Å².